The molecule has 0 aliphatic carbocycles. The highest BCUT2D eigenvalue weighted by molar-refractivity contribution is 7.80. The Bertz CT molecular complexity index is 2300. The highest BCUT2D eigenvalue weighted by atomic mass is 32.1. The van der Waals surface area contributed by atoms with Gasteiger partial charge in [-0.05, 0) is 105 Å². The lowest BCUT2D eigenvalue weighted by Gasteiger charge is -2.08. The van der Waals surface area contributed by atoms with Crippen molar-refractivity contribution in [2.24, 2.45) is 0 Å². The number of hydrogen-bond acceptors (Lipinski definition) is 7. The molecular formula is C42H46FN11S4. The number of aromatic nitrogens is 5. The van der Waals surface area contributed by atoms with Crippen molar-refractivity contribution in [1.29, 1.82) is 0 Å². The Morgan fingerprint density at radius 2 is 1.26 bits per heavy atom. The summed E-state index contributed by atoms with van der Waals surface area (Å²) in [6.45, 7) is 6.37. The van der Waals surface area contributed by atoms with Crippen molar-refractivity contribution in [2.75, 3.05) is 35.6 Å². The van der Waals surface area contributed by atoms with Crippen molar-refractivity contribution in [3.05, 3.63) is 155 Å². The fraction of sp³-hybridized carbons (Fsp3) is 0.190. The van der Waals surface area contributed by atoms with Crippen molar-refractivity contribution in [3.8, 4) is 0 Å². The second-order valence-corrected chi connectivity index (χ2v) is 15.0. The van der Waals surface area contributed by atoms with E-state index in [4.69, 9.17) is 36.7 Å². The molecule has 0 fully saturated rings. The van der Waals surface area contributed by atoms with Crippen LogP contribution in [0.3, 0.4) is 0 Å². The molecule has 7 aromatic rings. The normalized spacial score (nSPS) is 10.3. The van der Waals surface area contributed by atoms with Crippen LogP contribution in [0.15, 0.2) is 121 Å². The topological polar surface area (TPSA) is 142 Å². The number of imidazole rings is 2. The molecule has 0 bridgehead atoms. The maximum atomic E-state index is 13.3. The number of thiazole rings is 1. The van der Waals surface area contributed by atoms with Gasteiger partial charge in [-0.25, -0.2) is 19.3 Å². The van der Waals surface area contributed by atoms with E-state index in [0.717, 1.165) is 42.1 Å². The van der Waals surface area contributed by atoms with Crippen LogP contribution in [0.25, 0.3) is 11.0 Å². The molecule has 0 saturated heterocycles. The van der Waals surface area contributed by atoms with E-state index in [1.807, 2.05) is 35.7 Å². The standard InChI is InChI=1S/C17H18N4S.C13H16N4S.C12H12FN3S2/c1-12-5-4-6-13(11-12)9-10-18-17(22)21-16-19-14-7-2-3-8-15(14)20-16;1-10-3-2-4-11(9-10)5-6-16-13(18)17-12-14-7-8-15-12;13-10-4-2-1-3-9(10)5-6-14-11(17)16-12-15-7-8-18-12/h2-8,11H,9-10H2,1H3,(H3,18,19,20,21,22);2-4,7-9H,5-6H2,1H3,(H3,14,15,16,17,18);1-4,7-8H,5-6H2,(H2,14,15,16,17). The minimum atomic E-state index is -0.182. The summed E-state index contributed by atoms with van der Waals surface area (Å²) in [4.78, 5) is 18.7. The molecule has 0 atom stereocenters. The second-order valence-electron chi connectivity index (χ2n) is 12.8. The molecule has 0 spiro atoms. The Morgan fingerprint density at radius 1 is 0.655 bits per heavy atom. The lowest BCUT2D eigenvalue weighted by Crippen LogP contribution is -2.30. The number of aryl methyl sites for hydroxylation is 2. The number of rotatable bonds is 12. The molecule has 0 saturated carbocycles. The summed E-state index contributed by atoms with van der Waals surface area (Å²) in [6, 6.07) is 31.6. The second kappa shape index (κ2) is 23.4. The fourth-order valence-electron chi connectivity index (χ4n) is 5.46. The fourth-order valence-corrected chi connectivity index (χ4v) is 6.66. The third-order valence-corrected chi connectivity index (χ3v) is 9.63. The summed E-state index contributed by atoms with van der Waals surface area (Å²) in [5.41, 5.74) is 7.77. The molecule has 7 rings (SSSR count). The van der Waals surface area contributed by atoms with E-state index >= 15 is 0 Å². The number of aromatic amines is 2. The average molecular weight is 852 g/mol. The van der Waals surface area contributed by atoms with Gasteiger partial charge in [0, 0.05) is 43.6 Å². The van der Waals surface area contributed by atoms with Crippen molar-refractivity contribution in [2.45, 2.75) is 33.1 Å². The first-order chi connectivity index (χ1) is 28.2. The summed E-state index contributed by atoms with van der Waals surface area (Å²) in [7, 11) is 0. The van der Waals surface area contributed by atoms with Crippen molar-refractivity contribution in [1.82, 2.24) is 40.9 Å². The highest BCUT2D eigenvalue weighted by Gasteiger charge is 2.05. The molecule has 3 aromatic heterocycles. The van der Waals surface area contributed by atoms with E-state index in [9.17, 15) is 4.39 Å². The molecule has 8 N–H and O–H groups in total. The molecule has 0 aliphatic heterocycles. The highest BCUT2D eigenvalue weighted by Crippen LogP contribution is 2.13. The van der Waals surface area contributed by atoms with Gasteiger partial charge in [0.1, 0.15) is 5.82 Å². The maximum absolute atomic E-state index is 13.3. The molecule has 300 valence electrons. The summed E-state index contributed by atoms with van der Waals surface area (Å²) < 4.78 is 13.3. The predicted molar refractivity (Wildman–Crippen MR) is 249 cm³/mol. The molecular weight excluding hydrogens is 806 g/mol. The van der Waals surface area contributed by atoms with E-state index in [1.54, 1.807) is 30.7 Å². The van der Waals surface area contributed by atoms with Gasteiger partial charge >= 0.3 is 0 Å². The monoisotopic (exact) mass is 851 g/mol. The molecule has 16 heteroatoms. The third-order valence-electron chi connectivity index (χ3n) is 8.21. The van der Waals surface area contributed by atoms with Crippen LogP contribution < -0.4 is 31.9 Å². The minimum absolute atomic E-state index is 0.182. The molecule has 0 amide bonds. The number of H-pyrrole nitrogens is 2. The third kappa shape index (κ3) is 15.6. The Morgan fingerprint density at radius 3 is 1.84 bits per heavy atom. The molecule has 11 nitrogen and oxygen atoms in total. The Balaban J connectivity index is 0.000000167. The largest absolute Gasteiger partial charge is 0.362 e. The Hall–Kier alpha value is -5.81. The lowest BCUT2D eigenvalue weighted by molar-refractivity contribution is 0.607. The summed E-state index contributed by atoms with van der Waals surface area (Å²) in [5, 5.41) is 22.7. The average Bonchev–Trinajstić information content (AvgIpc) is 4.00. The number of hydrogen-bond donors (Lipinski definition) is 8. The van der Waals surface area contributed by atoms with Gasteiger partial charge in [-0.2, -0.15) is 0 Å². The minimum Gasteiger partial charge on any atom is -0.362 e. The van der Waals surface area contributed by atoms with Crippen LogP contribution in [0, 0.1) is 19.7 Å². The summed E-state index contributed by atoms with van der Waals surface area (Å²) >= 11 is 17.0. The van der Waals surface area contributed by atoms with E-state index in [2.05, 4.69) is 119 Å². The van der Waals surface area contributed by atoms with Crippen LogP contribution in [0.1, 0.15) is 27.8 Å². The number of thiocarbonyl (C=S) groups is 3. The number of para-hydroxylation sites is 2. The molecule has 0 radical (unpaired) electrons. The molecule has 4 aromatic carbocycles. The zero-order valence-corrected chi connectivity index (χ0v) is 35.4. The van der Waals surface area contributed by atoms with Crippen LogP contribution in [-0.4, -0.2) is 59.9 Å². The van der Waals surface area contributed by atoms with E-state index < -0.39 is 0 Å². The SMILES string of the molecule is Cc1cccc(CCNC(=S)Nc2nc3ccccc3[nH]2)c1.Cc1cccc(CCNC(=S)Nc2ncc[nH]2)c1.Fc1ccccc1CCNC(=S)Nc1nccs1. The van der Waals surface area contributed by atoms with Crippen molar-refractivity contribution < 1.29 is 4.39 Å². The van der Waals surface area contributed by atoms with Crippen molar-refractivity contribution in [3.63, 3.8) is 0 Å². The van der Waals surface area contributed by atoms with Crippen LogP contribution >= 0.6 is 48.0 Å². The number of halogens is 1. The van der Waals surface area contributed by atoms with Crippen LogP contribution in [0.2, 0.25) is 0 Å². The van der Waals surface area contributed by atoms with Crippen LogP contribution in [0.4, 0.5) is 21.4 Å². The number of anilines is 3. The van der Waals surface area contributed by atoms with Gasteiger partial charge in [-0.15, -0.1) is 11.3 Å². The quantitative estimate of drug-likeness (QED) is 0.0560. The van der Waals surface area contributed by atoms with Crippen LogP contribution in [-0.2, 0) is 19.3 Å². The number of nitrogens with one attached hydrogen (secondary N) is 8. The smallest absolute Gasteiger partial charge is 0.207 e. The van der Waals surface area contributed by atoms with Gasteiger partial charge in [0.2, 0.25) is 11.9 Å². The van der Waals surface area contributed by atoms with E-state index in [0.29, 0.717) is 45.8 Å². The zero-order valence-electron chi connectivity index (χ0n) is 32.1. The first kappa shape index (κ1) is 43.3. The first-order valence-corrected chi connectivity index (χ1v) is 20.6. The van der Waals surface area contributed by atoms with Gasteiger partial charge in [0.15, 0.2) is 20.5 Å². The van der Waals surface area contributed by atoms with Gasteiger partial charge in [0.05, 0.1) is 11.0 Å². The number of nitrogens with zero attached hydrogens (tertiary/aromatic N) is 3. The molecule has 3 heterocycles. The van der Waals surface area contributed by atoms with Gasteiger partial charge < -0.3 is 41.9 Å². The number of fused-ring (bicyclic) bond motifs is 1. The Labute approximate surface area is 358 Å². The van der Waals surface area contributed by atoms with Crippen molar-refractivity contribution >= 4 is 91.4 Å². The Kier molecular flexibility index (Phi) is 17.5. The summed E-state index contributed by atoms with van der Waals surface area (Å²) in [5.74, 6) is 1.13. The predicted octanol–water partition coefficient (Wildman–Crippen LogP) is 8.46. The van der Waals surface area contributed by atoms with Gasteiger partial charge in [-0.3, -0.25) is 0 Å². The van der Waals surface area contributed by atoms with Gasteiger partial charge in [0.25, 0.3) is 0 Å². The molecule has 58 heavy (non-hydrogen) atoms. The van der Waals surface area contributed by atoms with Gasteiger partial charge in [-0.1, -0.05) is 90.0 Å². The lowest BCUT2D eigenvalue weighted by atomic mass is 10.1. The first-order valence-electron chi connectivity index (χ1n) is 18.5. The molecule has 0 unspecified atom stereocenters. The maximum Gasteiger partial charge on any atom is 0.207 e. The number of benzene rings is 4. The molecule has 0 aliphatic rings. The van der Waals surface area contributed by atoms with E-state index in [-0.39, 0.29) is 5.82 Å². The zero-order chi connectivity index (χ0) is 41.0. The van der Waals surface area contributed by atoms with Crippen LogP contribution in [0.5, 0.6) is 0 Å². The van der Waals surface area contributed by atoms with E-state index in [1.165, 1.54) is 39.7 Å². The summed E-state index contributed by atoms with van der Waals surface area (Å²) in [6.07, 6.45) is 7.60.